The third-order valence-corrected chi connectivity index (χ3v) is 5.61. The summed E-state index contributed by atoms with van der Waals surface area (Å²) in [5.41, 5.74) is 2.88. The highest BCUT2D eigenvalue weighted by Gasteiger charge is 2.37. The molecule has 2 amide bonds. The van der Waals surface area contributed by atoms with E-state index in [0.717, 1.165) is 31.5 Å². The molecule has 2 aromatic carbocycles. The minimum atomic E-state index is -0.429. The molecule has 2 aliphatic heterocycles. The van der Waals surface area contributed by atoms with E-state index in [2.05, 4.69) is 15.0 Å². The van der Waals surface area contributed by atoms with Gasteiger partial charge >= 0.3 is 5.97 Å². The van der Waals surface area contributed by atoms with Crippen LogP contribution in [0.1, 0.15) is 50.3 Å². The first-order valence-corrected chi connectivity index (χ1v) is 9.67. The van der Waals surface area contributed by atoms with Crippen LogP contribution in [0.3, 0.4) is 0 Å². The molecule has 0 bridgehead atoms. The Labute approximate surface area is 169 Å². The molecule has 7 heteroatoms. The van der Waals surface area contributed by atoms with E-state index in [9.17, 15) is 14.4 Å². The maximum atomic E-state index is 12.8. The second-order valence-electron chi connectivity index (χ2n) is 7.34. The summed E-state index contributed by atoms with van der Waals surface area (Å²) in [5.74, 6) is -0.666. The number of benzene rings is 2. The van der Waals surface area contributed by atoms with Gasteiger partial charge in [0.15, 0.2) is 0 Å². The Hall–Kier alpha value is -3.35. The van der Waals surface area contributed by atoms with Gasteiger partial charge in [-0.2, -0.15) is 0 Å². The summed E-state index contributed by atoms with van der Waals surface area (Å²) in [6.45, 7) is 0.775. The average molecular weight is 393 g/mol. The number of hydrogen-bond donors (Lipinski definition) is 1. The maximum absolute atomic E-state index is 12.8. The van der Waals surface area contributed by atoms with Crippen molar-refractivity contribution in [2.24, 2.45) is 0 Å². The molecule has 0 spiro atoms. The number of amides is 2. The summed E-state index contributed by atoms with van der Waals surface area (Å²) in [5, 5.41) is 2.83. The summed E-state index contributed by atoms with van der Waals surface area (Å²) in [4.78, 5) is 41.1. The highest BCUT2D eigenvalue weighted by Crippen LogP contribution is 2.34. The highest BCUT2D eigenvalue weighted by molar-refractivity contribution is 6.08. The van der Waals surface area contributed by atoms with E-state index in [-0.39, 0.29) is 18.0 Å². The molecule has 0 aromatic heterocycles. The van der Waals surface area contributed by atoms with Crippen molar-refractivity contribution in [2.45, 2.75) is 25.4 Å². The molecule has 1 saturated heterocycles. The zero-order chi connectivity index (χ0) is 20.5. The smallest absolute Gasteiger partial charge is 0.337 e. The molecule has 2 aliphatic rings. The van der Waals surface area contributed by atoms with Crippen molar-refractivity contribution in [3.05, 3.63) is 59.2 Å². The lowest BCUT2D eigenvalue weighted by Crippen LogP contribution is -2.55. The molecule has 1 N–H and O–H groups in total. The predicted octanol–water partition coefficient (Wildman–Crippen LogP) is 3.13. The third-order valence-electron chi connectivity index (χ3n) is 5.61. The van der Waals surface area contributed by atoms with Crippen molar-refractivity contribution in [3.63, 3.8) is 0 Å². The number of esters is 1. The molecule has 0 saturated carbocycles. The SMILES string of the molecule is COC(=O)c1ccc(NC(=O)c2ccc3c(c2)N(C)[C@H]2CCCCN2C3=O)cc1. The van der Waals surface area contributed by atoms with Crippen molar-refractivity contribution in [1.82, 2.24) is 4.90 Å². The van der Waals surface area contributed by atoms with Crippen LogP contribution in [0.4, 0.5) is 11.4 Å². The molecule has 0 radical (unpaired) electrons. The van der Waals surface area contributed by atoms with Crippen molar-refractivity contribution in [2.75, 3.05) is 30.9 Å². The number of nitrogens with one attached hydrogen (secondary N) is 1. The third kappa shape index (κ3) is 3.44. The number of nitrogens with zero attached hydrogens (tertiary/aromatic N) is 2. The Balaban J connectivity index is 1.55. The zero-order valence-corrected chi connectivity index (χ0v) is 16.5. The van der Waals surface area contributed by atoms with Crippen LogP contribution in [0.5, 0.6) is 0 Å². The first kappa shape index (κ1) is 19.0. The van der Waals surface area contributed by atoms with Gasteiger partial charge in [-0.1, -0.05) is 0 Å². The molecule has 1 atom stereocenters. The summed E-state index contributed by atoms with van der Waals surface area (Å²) in [7, 11) is 3.30. The Morgan fingerprint density at radius 3 is 2.52 bits per heavy atom. The number of rotatable bonds is 3. The van der Waals surface area contributed by atoms with Gasteiger partial charge in [-0.3, -0.25) is 9.59 Å². The number of hydrogen-bond acceptors (Lipinski definition) is 5. The van der Waals surface area contributed by atoms with E-state index in [0.29, 0.717) is 22.4 Å². The van der Waals surface area contributed by atoms with Gasteiger partial charge in [-0.25, -0.2) is 4.79 Å². The van der Waals surface area contributed by atoms with Gasteiger partial charge in [-0.05, 0) is 61.7 Å². The monoisotopic (exact) mass is 393 g/mol. The van der Waals surface area contributed by atoms with Gasteiger partial charge in [0.25, 0.3) is 11.8 Å². The average Bonchev–Trinajstić information content (AvgIpc) is 2.77. The van der Waals surface area contributed by atoms with Gasteiger partial charge in [0.05, 0.1) is 23.9 Å². The van der Waals surface area contributed by atoms with Crippen LogP contribution < -0.4 is 10.2 Å². The molecule has 0 unspecified atom stereocenters. The first-order valence-electron chi connectivity index (χ1n) is 9.67. The standard InChI is InChI=1S/C22H23N3O4/c1-24-18-13-15(8-11-17(18)21(27)25-12-4-3-5-19(24)25)20(26)23-16-9-6-14(7-10-16)22(28)29-2/h6-11,13,19H,3-5,12H2,1-2H3,(H,23,26)/t19-/m1/s1. The molecule has 1 fully saturated rings. The Morgan fingerprint density at radius 1 is 1.07 bits per heavy atom. The van der Waals surface area contributed by atoms with E-state index in [4.69, 9.17) is 0 Å². The van der Waals surface area contributed by atoms with Crippen LogP contribution in [0.25, 0.3) is 0 Å². The van der Waals surface area contributed by atoms with E-state index < -0.39 is 5.97 Å². The van der Waals surface area contributed by atoms with Crippen LogP contribution in [-0.4, -0.2) is 49.6 Å². The molecule has 2 heterocycles. The number of fused-ring (bicyclic) bond motifs is 2. The lowest BCUT2D eigenvalue weighted by Gasteiger charge is -2.46. The van der Waals surface area contributed by atoms with Gasteiger partial charge in [-0.15, -0.1) is 0 Å². The number of anilines is 2. The summed E-state index contributed by atoms with van der Waals surface area (Å²) < 4.78 is 4.67. The van der Waals surface area contributed by atoms with E-state index in [1.165, 1.54) is 7.11 Å². The summed E-state index contributed by atoms with van der Waals surface area (Å²) in [6.07, 6.45) is 3.11. The lowest BCUT2D eigenvalue weighted by molar-refractivity contribution is 0.0585. The maximum Gasteiger partial charge on any atom is 0.337 e. The van der Waals surface area contributed by atoms with Crippen LogP contribution in [0.15, 0.2) is 42.5 Å². The number of ether oxygens (including phenoxy) is 1. The molecule has 4 rings (SSSR count). The van der Waals surface area contributed by atoms with Crippen LogP contribution in [0, 0.1) is 0 Å². The molecule has 29 heavy (non-hydrogen) atoms. The summed E-state index contributed by atoms with van der Waals surface area (Å²) in [6, 6.07) is 11.7. The van der Waals surface area contributed by atoms with Crippen LogP contribution >= 0.6 is 0 Å². The quantitative estimate of drug-likeness (QED) is 0.811. The number of piperidine rings is 1. The second kappa shape index (κ2) is 7.58. The Morgan fingerprint density at radius 2 is 1.79 bits per heavy atom. The van der Waals surface area contributed by atoms with E-state index in [1.807, 2.05) is 11.9 Å². The normalized spacial score (nSPS) is 18.0. The van der Waals surface area contributed by atoms with Crippen molar-refractivity contribution < 1.29 is 19.1 Å². The molecular weight excluding hydrogens is 370 g/mol. The number of methoxy groups -OCH3 is 1. The van der Waals surface area contributed by atoms with Gasteiger partial charge < -0.3 is 19.9 Å². The first-order chi connectivity index (χ1) is 14.0. The Kier molecular flexibility index (Phi) is 4.96. The van der Waals surface area contributed by atoms with Gasteiger partial charge in [0.1, 0.15) is 6.17 Å². The van der Waals surface area contributed by atoms with E-state index in [1.54, 1.807) is 42.5 Å². The van der Waals surface area contributed by atoms with Gasteiger partial charge in [0.2, 0.25) is 0 Å². The fourth-order valence-corrected chi connectivity index (χ4v) is 4.03. The topological polar surface area (TPSA) is 79.0 Å². The zero-order valence-electron chi connectivity index (χ0n) is 16.5. The van der Waals surface area contributed by atoms with Crippen molar-refractivity contribution in [1.29, 1.82) is 0 Å². The minimum absolute atomic E-state index is 0.0353. The molecule has 0 aliphatic carbocycles. The fourth-order valence-electron chi connectivity index (χ4n) is 4.03. The minimum Gasteiger partial charge on any atom is -0.465 e. The molecule has 2 aromatic rings. The van der Waals surface area contributed by atoms with E-state index >= 15 is 0 Å². The van der Waals surface area contributed by atoms with Crippen molar-refractivity contribution >= 4 is 29.2 Å². The highest BCUT2D eigenvalue weighted by atomic mass is 16.5. The lowest BCUT2D eigenvalue weighted by atomic mass is 9.97. The largest absolute Gasteiger partial charge is 0.465 e. The Bertz CT molecular complexity index is 971. The van der Waals surface area contributed by atoms with Gasteiger partial charge in [0, 0.05) is 24.8 Å². The molecular formula is C22H23N3O4. The molecule has 7 nitrogen and oxygen atoms in total. The second-order valence-corrected chi connectivity index (χ2v) is 7.34. The van der Waals surface area contributed by atoms with Crippen LogP contribution in [-0.2, 0) is 4.74 Å². The fraction of sp³-hybridized carbons (Fsp3) is 0.318. The number of carbonyl (C=O) groups excluding carboxylic acids is 3. The summed E-state index contributed by atoms with van der Waals surface area (Å²) >= 11 is 0. The van der Waals surface area contributed by atoms with Crippen molar-refractivity contribution in [3.8, 4) is 0 Å². The number of carbonyl (C=O) groups is 3. The predicted molar refractivity (Wildman–Crippen MR) is 109 cm³/mol. The molecule has 150 valence electrons. The van der Waals surface area contributed by atoms with Crippen LogP contribution in [0.2, 0.25) is 0 Å².